The van der Waals surface area contributed by atoms with Crippen LogP contribution in [0, 0.1) is 0 Å². The summed E-state index contributed by atoms with van der Waals surface area (Å²) in [6, 6.07) is 12.2. The number of benzene rings is 2. The van der Waals surface area contributed by atoms with Crippen LogP contribution in [0.5, 0.6) is 5.75 Å². The highest BCUT2D eigenvalue weighted by molar-refractivity contribution is 6.31. The summed E-state index contributed by atoms with van der Waals surface area (Å²) in [5.74, 6) is -1.20. The summed E-state index contributed by atoms with van der Waals surface area (Å²) in [6.07, 6.45) is -5.34. The zero-order chi connectivity index (χ0) is 21.9. The second-order valence-corrected chi connectivity index (χ2v) is 7.31. The minimum absolute atomic E-state index is 0.163. The molecule has 0 aromatic heterocycles. The van der Waals surface area contributed by atoms with E-state index in [-0.39, 0.29) is 7.09 Å². The van der Waals surface area contributed by atoms with Crippen molar-refractivity contribution in [1.82, 2.24) is 0 Å². The number of halogens is 1. The van der Waals surface area contributed by atoms with Crippen LogP contribution in [0.1, 0.15) is 18.1 Å². The van der Waals surface area contributed by atoms with Crippen LogP contribution in [0.25, 0.3) is 0 Å². The Morgan fingerprint density at radius 2 is 1.86 bits per heavy atom. The summed E-state index contributed by atoms with van der Waals surface area (Å²) in [5, 5.41) is 41.0. The van der Waals surface area contributed by atoms with E-state index in [0.29, 0.717) is 22.8 Å². The molecule has 0 saturated carbocycles. The second kappa shape index (κ2) is 8.97. The van der Waals surface area contributed by atoms with Crippen molar-refractivity contribution >= 4 is 11.6 Å². The van der Waals surface area contributed by atoms with E-state index in [1.165, 1.54) is 7.11 Å². The Bertz CT molecular complexity index is 848. The molecule has 0 aliphatic carbocycles. The van der Waals surface area contributed by atoms with Crippen LogP contribution in [-0.2, 0) is 21.7 Å². The Kier molecular flexibility index (Phi) is 6.36. The molecule has 1 fully saturated rings. The van der Waals surface area contributed by atoms with Crippen molar-refractivity contribution in [2.45, 2.75) is 36.6 Å². The van der Waals surface area contributed by atoms with E-state index in [1.807, 2.05) is 12.1 Å². The van der Waals surface area contributed by atoms with Crippen LogP contribution >= 0.6 is 11.6 Å². The van der Waals surface area contributed by atoms with Gasteiger partial charge in [0.25, 0.3) is 0 Å². The zero-order valence-electron chi connectivity index (χ0n) is 16.9. The molecule has 0 bridgehead atoms. The molecule has 0 amide bonds. The van der Waals surface area contributed by atoms with Gasteiger partial charge in [0.15, 0.2) is 0 Å². The summed E-state index contributed by atoms with van der Waals surface area (Å²) < 4.78 is 23.4. The molecular weight excluding hydrogens is 400 g/mol. The molecule has 1 aliphatic rings. The van der Waals surface area contributed by atoms with Crippen LogP contribution in [0.2, 0.25) is 5.02 Å². The molecule has 2 aromatic rings. The fourth-order valence-electron chi connectivity index (χ4n) is 3.52. The highest BCUT2D eigenvalue weighted by Crippen LogP contribution is 2.40. The van der Waals surface area contributed by atoms with E-state index in [2.05, 4.69) is 0 Å². The van der Waals surface area contributed by atoms with Gasteiger partial charge in [0.1, 0.15) is 30.2 Å². The highest BCUT2D eigenvalue weighted by Gasteiger charge is 2.55. The molecule has 158 valence electrons. The predicted molar refractivity (Wildman–Crippen MR) is 106 cm³/mol. The number of ether oxygens (including phenoxy) is 3. The minimum atomic E-state index is -1.79. The molecule has 3 rings (SSSR count). The molecule has 1 aliphatic heterocycles. The van der Waals surface area contributed by atoms with Crippen LogP contribution in [0.15, 0.2) is 42.5 Å². The lowest BCUT2D eigenvalue weighted by Gasteiger charge is -2.47. The summed E-state index contributed by atoms with van der Waals surface area (Å²) in [5.41, 5.74) is 2.04. The van der Waals surface area contributed by atoms with E-state index in [1.54, 1.807) is 30.3 Å². The molecule has 7 nitrogen and oxygen atoms in total. The largest absolute Gasteiger partial charge is 0.497 e. The Morgan fingerprint density at radius 3 is 2.48 bits per heavy atom. The molecule has 0 spiro atoms. The van der Waals surface area contributed by atoms with Crippen molar-refractivity contribution in [2.75, 3.05) is 20.8 Å². The third-order valence-electron chi connectivity index (χ3n) is 5.19. The van der Waals surface area contributed by atoms with Crippen LogP contribution in [0.4, 0.5) is 0 Å². The number of hydrogen-bond donors (Lipinski definition) is 4. The fourth-order valence-corrected chi connectivity index (χ4v) is 3.70. The van der Waals surface area contributed by atoms with E-state index in [4.69, 9.17) is 27.2 Å². The number of hydrogen-bond acceptors (Lipinski definition) is 7. The van der Waals surface area contributed by atoms with Gasteiger partial charge in [-0.25, -0.2) is 0 Å². The molecule has 5 atom stereocenters. The standard InChI is InChI=1S/C21H25ClO7/c1-27-15-6-3-12(4-7-15)9-13-10-14(5-8-16(13)22)21(28-2)20(26)19(25)18(24)17(11-23)29-21/h3-8,10,17-20,23-26H,9,11H2,1-2H3/t17-,18-,19+,20-,21?/m1/s1/i1D. The first-order valence-corrected chi connectivity index (χ1v) is 9.42. The molecule has 0 radical (unpaired) electrons. The van der Waals surface area contributed by atoms with Crippen molar-refractivity contribution in [3.05, 3.63) is 64.2 Å². The summed E-state index contributed by atoms with van der Waals surface area (Å²) in [7, 11) is 1.14. The lowest BCUT2D eigenvalue weighted by Crippen LogP contribution is -2.64. The van der Waals surface area contributed by atoms with Gasteiger partial charge in [0.05, 0.1) is 15.1 Å². The number of aliphatic hydroxyl groups excluding tert-OH is 4. The van der Waals surface area contributed by atoms with Gasteiger partial charge >= 0.3 is 0 Å². The Morgan fingerprint density at radius 1 is 1.14 bits per heavy atom. The van der Waals surface area contributed by atoms with Crippen LogP contribution in [-0.4, -0.2) is 65.6 Å². The van der Waals surface area contributed by atoms with Crippen molar-refractivity contribution < 1.29 is 36.0 Å². The van der Waals surface area contributed by atoms with Gasteiger partial charge in [-0.3, -0.25) is 0 Å². The number of methoxy groups -OCH3 is 2. The molecular formula is C21H25ClO7. The lowest BCUT2D eigenvalue weighted by molar-refractivity contribution is -0.366. The minimum Gasteiger partial charge on any atom is -0.497 e. The van der Waals surface area contributed by atoms with Gasteiger partial charge in [0.2, 0.25) is 5.79 Å². The fraction of sp³-hybridized carbons (Fsp3) is 0.429. The van der Waals surface area contributed by atoms with Crippen molar-refractivity contribution in [3.8, 4) is 5.75 Å². The molecule has 8 heteroatoms. The summed E-state index contributed by atoms with van der Waals surface area (Å²) in [6.45, 7) is -0.566. The van der Waals surface area contributed by atoms with Gasteiger partial charge in [-0.1, -0.05) is 29.8 Å². The summed E-state index contributed by atoms with van der Waals surface area (Å²) >= 11 is 6.38. The molecule has 2 aromatic carbocycles. The third kappa shape index (κ3) is 4.13. The molecule has 1 saturated heterocycles. The van der Waals surface area contributed by atoms with E-state index in [0.717, 1.165) is 11.1 Å². The first kappa shape index (κ1) is 20.6. The van der Waals surface area contributed by atoms with Gasteiger partial charge in [-0.15, -0.1) is 0 Å². The first-order chi connectivity index (χ1) is 14.4. The Balaban J connectivity index is 1.94. The number of rotatable bonds is 6. The molecule has 1 heterocycles. The molecule has 4 N–H and O–H groups in total. The van der Waals surface area contributed by atoms with E-state index in [9.17, 15) is 20.4 Å². The van der Waals surface area contributed by atoms with Crippen molar-refractivity contribution in [2.24, 2.45) is 0 Å². The van der Waals surface area contributed by atoms with E-state index >= 15 is 0 Å². The van der Waals surface area contributed by atoms with Gasteiger partial charge in [0, 0.05) is 17.7 Å². The van der Waals surface area contributed by atoms with Gasteiger partial charge in [-0.2, -0.15) is 0 Å². The van der Waals surface area contributed by atoms with Gasteiger partial charge in [-0.05, 0) is 41.8 Å². The maximum absolute atomic E-state index is 10.7. The topological polar surface area (TPSA) is 109 Å². The second-order valence-electron chi connectivity index (χ2n) is 6.91. The monoisotopic (exact) mass is 425 g/mol. The van der Waals surface area contributed by atoms with Crippen LogP contribution < -0.4 is 4.74 Å². The maximum Gasteiger partial charge on any atom is 0.224 e. The SMILES string of the molecule is [2H]COc1ccc(Cc2cc(C3(OC)O[C@H](CO)[C@@H](O)[C@H](O)[C@H]3O)ccc2Cl)cc1. The maximum atomic E-state index is 10.7. The summed E-state index contributed by atoms with van der Waals surface area (Å²) in [4.78, 5) is 0. The van der Waals surface area contributed by atoms with Crippen molar-refractivity contribution in [3.63, 3.8) is 0 Å². The zero-order valence-corrected chi connectivity index (χ0v) is 16.6. The number of aliphatic hydroxyl groups is 4. The Hall–Kier alpha value is -1.71. The normalized spacial score (nSPS) is 30.1. The molecule has 29 heavy (non-hydrogen) atoms. The quantitative estimate of drug-likeness (QED) is 0.551. The highest BCUT2D eigenvalue weighted by atomic mass is 35.5. The van der Waals surface area contributed by atoms with Crippen molar-refractivity contribution in [1.29, 1.82) is 0 Å². The molecule has 1 unspecified atom stereocenters. The van der Waals surface area contributed by atoms with E-state index < -0.39 is 36.8 Å². The van der Waals surface area contributed by atoms with Crippen LogP contribution in [0.3, 0.4) is 0 Å². The van der Waals surface area contributed by atoms with Gasteiger partial charge < -0.3 is 34.6 Å². The third-order valence-corrected chi connectivity index (χ3v) is 5.55. The average molecular weight is 426 g/mol. The Labute approximate surface area is 175 Å². The first-order valence-electron chi connectivity index (χ1n) is 9.75. The smallest absolute Gasteiger partial charge is 0.224 e. The average Bonchev–Trinajstić information content (AvgIpc) is 2.76. The lowest BCUT2D eigenvalue weighted by atomic mass is 9.87. The predicted octanol–water partition coefficient (Wildman–Crippen LogP) is 1.21.